The maximum atomic E-state index is 5.42. The Labute approximate surface area is 254 Å². The first-order valence-corrected chi connectivity index (χ1v) is 15.0. The lowest BCUT2D eigenvalue weighted by Crippen LogP contribution is -1.98. The van der Waals surface area contributed by atoms with E-state index in [1.807, 2.05) is 0 Å². The summed E-state index contributed by atoms with van der Waals surface area (Å²) in [5, 5.41) is 3.62. The molecule has 3 heterocycles. The highest BCUT2D eigenvalue weighted by Crippen LogP contribution is 2.42. The average molecular weight is 565 g/mol. The molecule has 4 heteroatoms. The summed E-state index contributed by atoms with van der Waals surface area (Å²) in [4.78, 5) is 5.42. The predicted octanol–water partition coefficient (Wildman–Crippen LogP) is 10.0. The van der Waals surface area contributed by atoms with Crippen molar-refractivity contribution in [1.82, 2.24) is 18.7 Å². The van der Waals surface area contributed by atoms with E-state index >= 15 is 0 Å². The van der Waals surface area contributed by atoms with E-state index in [1.54, 1.807) is 0 Å². The van der Waals surface area contributed by atoms with Gasteiger partial charge in [-0.3, -0.25) is 9.13 Å². The van der Waals surface area contributed by atoms with Crippen LogP contribution in [0, 0.1) is 6.92 Å². The van der Waals surface area contributed by atoms with Gasteiger partial charge in [0, 0.05) is 38.8 Å². The van der Waals surface area contributed by atoms with Gasteiger partial charge >= 0.3 is 0 Å². The number of benzene rings is 6. The van der Waals surface area contributed by atoms with E-state index in [4.69, 9.17) is 4.98 Å². The Hall–Kier alpha value is -5.87. The number of para-hydroxylation sites is 4. The summed E-state index contributed by atoms with van der Waals surface area (Å²) in [6, 6.07) is 53.8. The molecular weight excluding hydrogens is 536 g/mol. The Kier molecular flexibility index (Phi) is 5.38. The van der Waals surface area contributed by atoms with Crippen LogP contribution in [0.1, 0.15) is 5.56 Å². The summed E-state index contributed by atoms with van der Waals surface area (Å²) in [5.74, 6) is 0.924. The van der Waals surface area contributed by atoms with Crippen molar-refractivity contribution in [2.24, 2.45) is 0 Å². The smallest absolute Gasteiger partial charge is 0.165 e. The number of aromatic nitrogens is 4. The van der Waals surface area contributed by atoms with E-state index in [1.165, 1.54) is 33.1 Å². The van der Waals surface area contributed by atoms with E-state index in [0.717, 1.165) is 44.8 Å². The molecule has 0 aliphatic rings. The van der Waals surface area contributed by atoms with Crippen molar-refractivity contribution in [1.29, 1.82) is 0 Å². The zero-order chi connectivity index (χ0) is 29.2. The highest BCUT2D eigenvalue weighted by Gasteiger charge is 2.25. The van der Waals surface area contributed by atoms with Crippen molar-refractivity contribution in [3.05, 3.63) is 157 Å². The van der Waals surface area contributed by atoms with Gasteiger partial charge in [-0.05, 0) is 61.0 Å². The highest BCUT2D eigenvalue weighted by molar-refractivity contribution is 6.18. The van der Waals surface area contributed by atoms with Gasteiger partial charge in [0.2, 0.25) is 0 Å². The molecule has 208 valence electrons. The third kappa shape index (κ3) is 3.55. The number of imidazole rings is 1. The highest BCUT2D eigenvalue weighted by atomic mass is 15.2. The first kappa shape index (κ1) is 24.7. The molecule has 0 spiro atoms. The third-order valence-corrected chi connectivity index (χ3v) is 8.77. The quantitative estimate of drug-likeness (QED) is 0.209. The molecule has 0 fully saturated rings. The lowest BCUT2D eigenvalue weighted by Gasteiger charge is -2.12. The second-order valence-corrected chi connectivity index (χ2v) is 11.3. The van der Waals surface area contributed by atoms with Gasteiger partial charge in [-0.15, -0.1) is 0 Å². The van der Waals surface area contributed by atoms with Gasteiger partial charge < -0.3 is 4.57 Å². The van der Waals surface area contributed by atoms with E-state index in [2.05, 4.69) is 172 Å². The summed E-state index contributed by atoms with van der Waals surface area (Å²) in [5.41, 5.74) is 11.2. The summed E-state index contributed by atoms with van der Waals surface area (Å²) in [7, 11) is 0. The fourth-order valence-electron chi connectivity index (χ4n) is 6.82. The van der Waals surface area contributed by atoms with E-state index in [0.29, 0.717) is 0 Å². The fourth-order valence-corrected chi connectivity index (χ4v) is 6.82. The van der Waals surface area contributed by atoms with Crippen molar-refractivity contribution in [3.8, 4) is 28.5 Å². The normalized spacial score (nSPS) is 11.8. The molecule has 0 unspecified atom stereocenters. The number of hydrogen-bond donors (Lipinski definition) is 0. The van der Waals surface area contributed by atoms with E-state index in [9.17, 15) is 0 Å². The van der Waals surface area contributed by atoms with Gasteiger partial charge in [-0.1, -0.05) is 103 Å². The number of nitrogens with zero attached hydrogens (tertiary/aromatic N) is 4. The van der Waals surface area contributed by atoms with Crippen LogP contribution in [0.25, 0.3) is 72.3 Å². The third-order valence-electron chi connectivity index (χ3n) is 8.77. The van der Waals surface area contributed by atoms with Crippen molar-refractivity contribution in [2.45, 2.75) is 6.92 Å². The number of fused-ring (bicyclic) bond motifs is 6. The maximum absolute atomic E-state index is 5.42. The van der Waals surface area contributed by atoms with Crippen LogP contribution in [0.15, 0.2) is 152 Å². The van der Waals surface area contributed by atoms with Crippen LogP contribution in [0.5, 0.6) is 0 Å². The summed E-state index contributed by atoms with van der Waals surface area (Å²) >= 11 is 0. The second kappa shape index (κ2) is 9.58. The number of aryl methyl sites for hydroxylation is 1. The molecule has 6 aromatic carbocycles. The number of hydrogen-bond acceptors (Lipinski definition) is 1. The maximum Gasteiger partial charge on any atom is 0.165 e. The second-order valence-electron chi connectivity index (χ2n) is 11.3. The molecule has 0 saturated heterocycles. The molecule has 9 aromatic rings. The Morgan fingerprint density at radius 2 is 1.02 bits per heavy atom. The molecule has 0 N–H and O–H groups in total. The van der Waals surface area contributed by atoms with E-state index in [-0.39, 0.29) is 0 Å². The van der Waals surface area contributed by atoms with Gasteiger partial charge in [0.05, 0.1) is 16.6 Å². The monoisotopic (exact) mass is 564 g/mol. The van der Waals surface area contributed by atoms with Gasteiger partial charge in [-0.25, -0.2) is 4.98 Å². The van der Waals surface area contributed by atoms with Crippen LogP contribution < -0.4 is 0 Å². The van der Waals surface area contributed by atoms with Crippen molar-refractivity contribution in [2.75, 3.05) is 0 Å². The van der Waals surface area contributed by atoms with Crippen molar-refractivity contribution in [3.63, 3.8) is 0 Å². The van der Waals surface area contributed by atoms with Crippen LogP contribution in [0.4, 0.5) is 0 Å². The molecule has 0 bridgehead atoms. The molecule has 44 heavy (non-hydrogen) atoms. The zero-order valence-electron chi connectivity index (χ0n) is 24.2. The Morgan fingerprint density at radius 3 is 1.75 bits per heavy atom. The van der Waals surface area contributed by atoms with Gasteiger partial charge in [0.1, 0.15) is 11.3 Å². The Balaban J connectivity index is 1.51. The SMILES string of the molecule is Cc1ccccc1-n1c2ccccc2c2cc3c(cc21)c1c(nc(-c2ccccc2)n1-c1ccccc1)n3-c1ccccc1. The Morgan fingerprint density at radius 1 is 0.455 bits per heavy atom. The summed E-state index contributed by atoms with van der Waals surface area (Å²) < 4.78 is 7.08. The molecular formula is C40H28N4. The molecule has 0 radical (unpaired) electrons. The van der Waals surface area contributed by atoms with Gasteiger partial charge in [-0.2, -0.15) is 0 Å². The van der Waals surface area contributed by atoms with Crippen molar-refractivity contribution < 1.29 is 0 Å². The van der Waals surface area contributed by atoms with Crippen LogP contribution in [0.3, 0.4) is 0 Å². The van der Waals surface area contributed by atoms with Gasteiger partial charge in [0.15, 0.2) is 5.65 Å². The van der Waals surface area contributed by atoms with Crippen LogP contribution >= 0.6 is 0 Å². The molecule has 4 nitrogen and oxygen atoms in total. The lowest BCUT2D eigenvalue weighted by atomic mass is 10.1. The molecule has 0 aliphatic heterocycles. The predicted molar refractivity (Wildman–Crippen MR) is 182 cm³/mol. The molecule has 3 aromatic heterocycles. The Bertz CT molecular complexity index is 2480. The molecule has 0 atom stereocenters. The first-order valence-electron chi connectivity index (χ1n) is 15.0. The minimum Gasteiger partial charge on any atom is -0.309 e. The molecule has 0 amide bonds. The molecule has 0 saturated carbocycles. The summed E-state index contributed by atoms with van der Waals surface area (Å²) in [6.45, 7) is 2.19. The largest absolute Gasteiger partial charge is 0.309 e. The average Bonchev–Trinajstić information content (AvgIpc) is 3.72. The fraction of sp³-hybridized carbons (Fsp3) is 0.0250. The standard InChI is InChI=1S/C40H28N4/c1-27-15-11-13-23-34(27)44-35-24-14-12-22-31(35)32-25-37-33(26-36(32)44)38-40(42(37)29-18-7-3-8-19-29)41-39(28-16-5-2-6-17-28)43(38)30-20-9-4-10-21-30/h2-26H,1H3. The molecule has 0 aliphatic carbocycles. The summed E-state index contributed by atoms with van der Waals surface area (Å²) in [6.07, 6.45) is 0. The lowest BCUT2D eigenvalue weighted by molar-refractivity contribution is 1.10. The zero-order valence-corrected chi connectivity index (χ0v) is 24.2. The van der Waals surface area contributed by atoms with E-state index < -0.39 is 0 Å². The van der Waals surface area contributed by atoms with Crippen LogP contribution in [-0.4, -0.2) is 18.7 Å². The minimum absolute atomic E-state index is 0.924. The van der Waals surface area contributed by atoms with Gasteiger partial charge in [0.25, 0.3) is 0 Å². The number of rotatable bonds is 4. The van der Waals surface area contributed by atoms with Crippen molar-refractivity contribution >= 4 is 43.9 Å². The minimum atomic E-state index is 0.924. The van der Waals surface area contributed by atoms with Crippen LogP contribution in [-0.2, 0) is 0 Å². The van der Waals surface area contributed by atoms with Crippen LogP contribution in [0.2, 0.25) is 0 Å². The first-order chi connectivity index (χ1) is 21.8. The molecule has 9 rings (SSSR count). The topological polar surface area (TPSA) is 27.7 Å².